The summed E-state index contributed by atoms with van der Waals surface area (Å²) in [6.07, 6.45) is 23.7. The first-order valence-electron chi connectivity index (χ1n) is 18.7. The van der Waals surface area contributed by atoms with Gasteiger partial charge in [-0.2, -0.15) is 0 Å². The van der Waals surface area contributed by atoms with Crippen molar-refractivity contribution in [1.29, 1.82) is 0 Å². The smallest absolute Gasteiger partial charge is 0.211 e. The summed E-state index contributed by atoms with van der Waals surface area (Å²) in [6.45, 7) is 13.7. The largest absolute Gasteiger partial charge is 0.493 e. The maximum atomic E-state index is 12.3. The third-order valence-electron chi connectivity index (χ3n) is 9.42. The second-order valence-corrected chi connectivity index (χ2v) is 13.3. The normalized spacial score (nSPS) is 13.5. The molecule has 0 aliphatic carbocycles. The Bertz CT molecular complexity index is 1190. The lowest BCUT2D eigenvalue weighted by atomic mass is 9.91. The predicted octanol–water partition coefficient (Wildman–Crippen LogP) is 13.4. The molecule has 2 nitrogen and oxygen atoms in total. The molecule has 0 spiro atoms. The van der Waals surface area contributed by atoms with Crippen molar-refractivity contribution in [3.8, 4) is 0 Å². The highest BCUT2D eigenvalue weighted by atomic mass is 15.2. The topological polar surface area (TPSA) is 25.3 Å². The van der Waals surface area contributed by atoms with E-state index in [1.54, 1.807) is 4.70 Å². The summed E-state index contributed by atoms with van der Waals surface area (Å²) in [7, 11) is 0. The molecular weight excluding hydrogens is 532 g/mol. The fourth-order valence-electron chi connectivity index (χ4n) is 6.90. The van der Waals surface area contributed by atoms with Crippen LogP contribution in [0.5, 0.6) is 0 Å². The molecule has 0 atom stereocenters. The van der Waals surface area contributed by atoms with E-state index < -0.39 is 0 Å². The van der Waals surface area contributed by atoms with Crippen molar-refractivity contribution < 1.29 is 4.70 Å². The third-order valence-corrected chi connectivity index (χ3v) is 9.42. The first kappa shape index (κ1) is 36.0. The van der Waals surface area contributed by atoms with E-state index in [-0.39, 0.29) is 0 Å². The molecule has 0 amide bonds. The van der Waals surface area contributed by atoms with Crippen LogP contribution in [0.2, 0.25) is 0 Å². The van der Waals surface area contributed by atoms with Crippen LogP contribution in [-0.2, 0) is 25.7 Å². The van der Waals surface area contributed by atoms with Crippen molar-refractivity contribution in [3.05, 3.63) is 86.5 Å². The first-order valence-corrected chi connectivity index (χ1v) is 18.7. The van der Waals surface area contributed by atoms with Gasteiger partial charge in [0.15, 0.2) is 0 Å². The summed E-state index contributed by atoms with van der Waals surface area (Å²) >= 11 is 0. The second kappa shape index (κ2) is 19.8. The molecule has 0 N–H and O–H groups in total. The molecule has 0 saturated carbocycles. The quantitative estimate of drug-likeness (QED) is 0.0954. The zero-order valence-electron chi connectivity index (χ0n) is 29.5. The molecule has 2 aromatic carbocycles. The minimum Gasteiger partial charge on any atom is -0.493 e. The van der Waals surface area contributed by atoms with Crippen molar-refractivity contribution in [2.75, 3.05) is 0 Å². The lowest BCUT2D eigenvalue weighted by molar-refractivity contribution is -0.345. The molecule has 1 aliphatic heterocycles. The summed E-state index contributed by atoms with van der Waals surface area (Å²) in [5.41, 5.74) is 25.1. The van der Waals surface area contributed by atoms with Crippen molar-refractivity contribution in [1.82, 2.24) is 0 Å². The lowest BCUT2D eigenvalue weighted by Gasteiger charge is -2.15. The number of nitrogens with zero attached hydrogens (tertiary/aromatic N) is 2. The highest BCUT2D eigenvalue weighted by molar-refractivity contribution is 5.82. The number of aryl methyl sites for hydroxylation is 4. The first-order chi connectivity index (χ1) is 21.5. The molecule has 2 aromatic rings. The van der Waals surface area contributed by atoms with Gasteiger partial charge >= 0.3 is 0 Å². The van der Waals surface area contributed by atoms with E-state index in [9.17, 15) is 5.53 Å². The van der Waals surface area contributed by atoms with E-state index in [1.165, 1.54) is 122 Å². The molecule has 0 radical (unpaired) electrons. The Hall–Kier alpha value is -2.48. The van der Waals surface area contributed by atoms with Crippen molar-refractivity contribution >= 4 is 11.4 Å². The number of hydrogen-bond acceptors (Lipinski definition) is 0. The maximum Gasteiger partial charge on any atom is 0.211 e. The summed E-state index contributed by atoms with van der Waals surface area (Å²) in [4.78, 5) is 0. The Labute approximate surface area is 271 Å². The minimum absolute atomic E-state index is 0.930. The van der Waals surface area contributed by atoms with E-state index in [0.29, 0.717) is 0 Å². The summed E-state index contributed by atoms with van der Waals surface area (Å²) in [6, 6.07) is 14.5. The molecule has 2 heteroatoms. The second-order valence-electron chi connectivity index (χ2n) is 13.3. The summed E-state index contributed by atoms with van der Waals surface area (Å²) < 4.78 is 1.61. The predicted molar refractivity (Wildman–Crippen MR) is 193 cm³/mol. The number of rotatable bonds is 22. The third kappa shape index (κ3) is 10.3. The van der Waals surface area contributed by atoms with Crippen LogP contribution in [0, 0.1) is 0 Å². The Kier molecular flexibility index (Phi) is 16.2. The lowest BCUT2D eigenvalue weighted by Crippen LogP contribution is -2.05. The summed E-state index contributed by atoms with van der Waals surface area (Å²) in [5, 5.41) is 0. The van der Waals surface area contributed by atoms with E-state index in [0.717, 1.165) is 62.8 Å². The van der Waals surface area contributed by atoms with Gasteiger partial charge in [-0.1, -0.05) is 111 Å². The van der Waals surface area contributed by atoms with Crippen LogP contribution in [0.1, 0.15) is 178 Å². The number of hydrogen-bond donors (Lipinski definition) is 0. The van der Waals surface area contributed by atoms with Crippen LogP contribution >= 0.6 is 0 Å². The van der Waals surface area contributed by atoms with Gasteiger partial charge in [-0.25, -0.2) is 4.70 Å². The molecule has 0 saturated heterocycles. The van der Waals surface area contributed by atoms with E-state index in [2.05, 4.69) is 77.9 Å². The van der Waals surface area contributed by atoms with Gasteiger partial charge in [-0.15, -0.1) is 0 Å². The van der Waals surface area contributed by atoms with Crippen LogP contribution in [0.4, 0.5) is 0 Å². The fraction of sp³-hybridized carbons (Fsp3) is 0.619. The molecule has 44 heavy (non-hydrogen) atoms. The standard InChI is InChI=1S/C42H64N2/c1-7-13-18-20-24-35-28-36(25-21-19-14-8-2)32-38(31-35)42-40(26-17-11-5)39(12-6)41(44(42)43)37-29-33(22-15-9-3)27-34(30-37)23-16-10-4/h27-32H,7-26H2,1-6H3. The fourth-order valence-corrected chi connectivity index (χ4v) is 6.90. The summed E-state index contributed by atoms with van der Waals surface area (Å²) in [5.74, 6) is 0. The molecule has 1 heterocycles. The van der Waals surface area contributed by atoms with Crippen molar-refractivity contribution in [2.45, 2.75) is 170 Å². The molecule has 242 valence electrons. The molecule has 3 rings (SSSR count). The number of benzene rings is 2. The van der Waals surface area contributed by atoms with Crippen LogP contribution in [0.25, 0.3) is 16.9 Å². The average Bonchev–Trinajstić information content (AvgIpc) is 3.32. The van der Waals surface area contributed by atoms with E-state index in [1.807, 2.05) is 0 Å². The zero-order chi connectivity index (χ0) is 31.7. The van der Waals surface area contributed by atoms with E-state index in [4.69, 9.17) is 0 Å². The average molecular weight is 597 g/mol. The molecule has 0 aromatic heterocycles. The van der Waals surface area contributed by atoms with Crippen LogP contribution in [0.3, 0.4) is 0 Å². The van der Waals surface area contributed by atoms with Crippen LogP contribution in [0.15, 0.2) is 47.5 Å². The van der Waals surface area contributed by atoms with Gasteiger partial charge < -0.3 is 5.53 Å². The molecule has 1 aliphatic rings. The van der Waals surface area contributed by atoms with Crippen LogP contribution in [-0.4, -0.2) is 4.70 Å². The molecule has 0 fully saturated rings. The Balaban J connectivity index is 2.11. The van der Waals surface area contributed by atoms with Crippen LogP contribution < -0.4 is 0 Å². The van der Waals surface area contributed by atoms with Gasteiger partial charge in [-0.05, 0) is 117 Å². The SMILES string of the molecule is CCCCCCc1cc(CCCCCC)cc(C2=C(CCCC)C(CC)=C(c3cc(CCCC)cc(CCCC)c3)[N+]2=[N-])c1. The Morgan fingerprint density at radius 1 is 0.409 bits per heavy atom. The maximum absolute atomic E-state index is 12.3. The zero-order valence-corrected chi connectivity index (χ0v) is 29.5. The van der Waals surface area contributed by atoms with Crippen molar-refractivity contribution in [2.24, 2.45) is 0 Å². The van der Waals surface area contributed by atoms with Crippen molar-refractivity contribution in [3.63, 3.8) is 0 Å². The van der Waals surface area contributed by atoms with Gasteiger partial charge in [-0.3, -0.25) is 0 Å². The molecule has 0 bridgehead atoms. The van der Waals surface area contributed by atoms with Gasteiger partial charge in [0.1, 0.15) is 0 Å². The van der Waals surface area contributed by atoms with Gasteiger partial charge in [0.25, 0.3) is 0 Å². The Morgan fingerprint density at radius 3 is 1.16 bits per heavy atom. The monoisotopic (exact) mass is 597 g/mol. The number of unbranched alkanes of at least 4 members (excludes halogenated alkanes) is 9. The van der Waals surface area contributed by atoms with Gasteiger partial charge in [0, 0.05) is 22.3 Å². The minimum atomic E-state index is 0.930. The Morgan fingerprint density at radius 2 is 0.773 bits per heavy atom. The molecule has 0 unspecified atom stereocenters. The van der Waals surface area contributed by atoms with Gasteiger partial charge in [0.05, 0.1) is 0 Å². The number of allylic oxidation sites excluding steroid dienone is 2. The highest BCUT2D eigenvalue weighted by Crippen LogP contribution is 2.44. The van der Waals surface area contributed by atoms with E-state index >= 15 is 0 Å². The molecular formula is C42H64N2. The highest BCUT2D eigenvalue weighted by Gasteiger charge is 2.35. The van der Waals surface area contributed by atoms with Gasteiger partial charge in [0.2, 0.25) is 11.4 Å².